The zero-order valence-electron chi connectivity index (χ0n) is 12.4. The Hall–Kier alpha value is -2.12. The van der Waals surface area contributed by atoms with Gasteiger partial charge in [0, 0.05) is 5.02 Å². The number of carbonyl (C=O) groups is 1. The number of carbonyl (C=O) groups excluding carboxylic acids is 1. The third kappa shape index (κ3) is 3.16. The number of esters is 1. The fraction of sp³-hybridized carbons (Fsp3) is 0.200. The summed E-state index contributed by atoms with van der Waals surface area (Å²) in [5, 5.41) is 6.13. The highest BCUT2D eigenvalue weighted by Crippen LogP contribution is 2.29. The second kappa shape index (κ2) is 6.55. The van der Waals surface area contributed by atoms with Crippen molar-refractivity contribution in [1.29, 1.82) is 0 Å². The Morgan fingerprint density at radius 1 is 1.30 bits per heavy atom. The summed E-state index contributed by atoms with van der Waals surface area (Å²) in [7, 11) is 1.37. The number of fused-ring (bicyclic) bond motifs is 1. The molecule has 2 heterocycles. The summed E-state index contributed by atoms with van der Waals surface area (Å²) < 4.78 is 6.45. The predicted octanol–water partition coefficient (Wildman–Crippen LogP) is 3.12. The van der Waals surface area contributed by atoms with Crippen LogP contribution in [0.15, 0.2) is 41.8 Å². The number of benzene rings is 1. The smallest absolute Gasteiger partial charge is 0.318 e. The second-order valence-corrected chi connectivity index (χ2v) is 6.50. The number of rotatable bonds is 4. The maximum absolute atomic E-state index is 11.6. The van der Waals surface area contributed by atoms with Crippen molar-refractivity contribution in [2.75, 3.05) is 7.11 Å². The first kappa shape index (κ1) is 15.8. The van der Waals surface area contributed by atoms with Crippen LogP contribution in [0.1, 0.15) is 6.92 Å². The first-order valence-electron chi connectivity index (χ1n) is 6.79. The average Bonchev–Trinajstić information content (AvgIpc) is 3.00. The van der Waals surface area contributed by atoms with Crippen LogP contribution in [0.4, 0.5) is 0 Å². The van der Waals surface area contributed by atoms with E-state index in [1.54, 1.807) is 29.9 Å². The molecule has 0 aliphatic heterocycles. The number of halogens is 1. The predicted molar refractivity (Wildman–Crippen MR) is 89.0 cm³/mol. The molecule has 0 aliphatic rings. The molecule has 23 heavy (non-hydrogen) atoms. The molecule has 0 fully saturated rings. The van der Waals surface area contributed by atoms with E-state index in [9.17, 15) is 4.79 Å². The Morgan fingerprint density at radius 2 is 2.04 bits per heavy atom. The minimum atomic E-state index is -0.364. The minimum absolute atomic E-state index is 0.299. The van der Waals surface area contributed by atoms with E-state index in [1.165, 1.54) is 25.2 Å². The molecule has 118 valence electrons. The first-order chi connectivity index (χ1) is 11.1. The Bertz CT molecular complexity index is 850. The van der Waals surface area contributed by atoms with Crippen molar-refractivity contribution in [1.82, 2.24) is 19.7 Å². The number of nitrogens with zero attached hydrogens (tertiary/aromatic N) is 4. The number of methoxy groups -OCH3 is 1. The molecule has 0 unspecified atom stereocenters. The molecule has 1 atom stereocenters. The molecular weight excluding hydrogens is 336 g/mol. The highest BCUT2D eigenvalue weighted by atomic mass is 35.5. The van der Waals surface area contributed by atoms with E-state index < -0.39 is 0 Å². The van der Waals surface area contributed by atoms with E-state index in [0.29, 0.717) is 15.7 Å². The third-order valence-corrected chi connectivity index (χ3v) is 4.57. The van der Waals surface area contributed by atoms with E-state index >= 15 is 0 Å². The van der Waals surface area contributed by atoms with Crippen molar-refractivity contribution >= 4 is 40.4 Å². The van der Waals surface area contributed by atoms with Gasteiger partial charge in [0.1, 0.15) is 16.6 Å². The van der Waals surface area contributed by atoms with Crippen LogP contribution in [0.25, 0.3) is 16.7 Å². The molecule has 8 heteroatoms. The molecule has 6 nitrogen and oxygen atoms in total. The van der Waals surface area contributed by atoms with Gasteiger partial charge in [-0.25, -0.2) is 14.6 Å². The van der Waals surface area contributed by atoms with Crippen LogP contribution in [0.2, 0.25) is 5.02 Å². The number of thioether (sulfide) groups is 1. The molecule has 0 saturated heterocycles. The summed E-state index contributed by atoms with van der Waals surface area (Å²) in [5.74, 6) is -0.299. The van der Waals surface area contributed by atoms with Gasteiger partial charge in [-0.1, -0.05) is 23.4 Å². The topological polar surface area (TPSA) is 69.9 Å². The molecule has 0 aliphatic carbocycles. The van der Waals surface area contributed by atoms with E-state index in [0.717, 1.165) is 11.1 Å². The standard InChI is InChI=1S/C15H13ClN4O2S/c1-9(15(21)22-2)23-14-12-7-19-20(13(12)17-8-18-14)11-5-3-10(16)4-6-11/h3-9H,1-2H3/t9-/m0/s1. The van der Waals surface area contributed by atoms with Crippen LogP contribution in [0.3, 0.4) is 0 Å². The van der Waals surface area contributed by atoms with Crippen molar-refractivity contribution in [2.24, 2.45) is 0 Å². The van der Waals surface area contributed by atoms with E-state index in [-0.39, 0.29) is 11.2 Å². The molecule has 0 radical (unpaired) electrons. The van der Waals surface area contributed by atoms with Crippen molar-refractivity contribution in [3.8, 4) is 5.69 Å². The number of hydrogen-bond donors (Lipinski definition) is 0. The maximum Gasteiger partial charge on any atom is 0.318 e. The molecule has 0 saturated carbocycles. The van der Waals surface area contributed by atoms with Crippen LogP contribution < -0.4 is 0 Å². The summed E-state index contributed by atoms with van der Waals surface area (Å²) in [6.45, 7) is 1.77. The Labute approximate surface area is 141 Å². The molecule has 0 amide bonds. The summed E-state index contributed by atoms with van der Waals surface area (Å²) in [4.78, 5) is 20.1. The lowest BCUT2D eigenvalue weighted by molar-refractivity contribution is -0.139. The summed E-state index contributed by atoms with van der Waals surface area (Å²) in [6, 6.07) is 7.31. The number of aromatic nitrogens is 4. The Balaban J connectivity index is 2.00. The van der Waals surface area contributed by atoms with Gasteiger partial charge in [-0.2, -0.15) is 5.10 Å². The fourth-order valence-electron chi connectivity index (χ4n) is 2.07. The number of hydrogen-bond acceptors (Lipinski definition) is 6. The zero-order chi connectivity index (χ0) is 16.4. The molecule has 0 N–H and O–H groups in total. The summed E-state index contributed by atoms with van der Waals surface area (Å²) in [6.07, 6.45) is 3.15. The third-order valence-electron chi connectivity index (χ3n) is 3.22. The lowest BCUT2D eigenvalue weighted by atomic mass is 10.3. The normalized spacial score (nSPS) is 12.3. The van der Waals surface area contributed by atoms with E-state index in [1.807, 2.05) is 12.1 Å². The largest absolute Gasteiger partial charge is 0.468 e. The Kier molecular flexibility index (Phi) is 4.49. The molecule has 3 rings (SSSR count). The van der Waals surface area contributed by atoms with E-state index in [2.05, 4.69) is 15.1 Å². The fourth-order valence-corrected chi connectivity index (χ4v) is 3.10. The first-order valence-corrected chi connectivity index (χ1v) is 8.05. The van der Waals surface area contributed by atoms with Gasteiger partial charge in [-0.3, -0.25) is 4.79 Å². The van der Waals surface area contributed by atoms with Crippen LogP contribution >= 0.6 is 23.4 Å². The van der Waals surface area contributed by atoms with Crippen molar-refractivity contribution in [3.63, 3.8) is 0 Å². The molecule has 2 aromatic heterocycles. The van der Waals surface area contributed by atoms with Crippen molar-refractivity contribution in [2.45, 2.75) is 17.2 Å². The quantitative estimate of drug-likeness (QED) is 0.410. The van der Waals surface area contributed by atoms with E-state index in [4.69, 9.17) is 16.3 Å². The van der Waals surface area contributed by atoms with Gasteiger partial charge >= 0.3 is 5.97 Å². The van der Waals surface area contributed by atoms with Gasteiger partial charge in [0.25, 0.3) is 0 Å². The lowest BCUT2D eigenvalue weighted by Crippen LogP contribution is -2.14. The lowest BCUT2D eigenvalue weighted by Gasteiger charge is -2.08. The highest BCUT2D eigenvalue weighted by Gasteiger charge is 2.19. The summed E-state index contributed by atoms with van der Waals surface area (Å²) in [5.41, 5.74) is 1.52. The monoisotopic (exact) mass is 348 g/mol. The van der Waals surface area contributed by atoms with Crippen molar-refractivity contribution in [3.05, 3.63) is 41.8 Å². The highest BCUT2D eigenvalue weighted by molar-refractivity contribution is 8.00. The molecule has 0 spiro atoms. The molecule has 0 bridgehead atoms. The second-order valence-electron chi connectivity index (χ2n) is 4.73. The Morgan fingerprint density at radius 3 is 2.74 bits per heavy atom. The maximum atomic E-state index is 11.6. The van der Waals surface area contributed by atoms with Gasteiger partial charge in [-0.05, 0) is 31.2 Å². The van der Waals surface area contributed by atoms with Gasteiger partial charge in [-0.15, -0.1) is 0 Å². The van der Waals surface area contributed by atoms with Crippen LogP contribution in [-0.2, 0) is 9.53 Å². The van der Waals surface area contributed by atoms with Crippen LogP contribution in [0, 0.1) is 0 Å². The van der Waals surface area contributed by atoms with Crippen molar-refractivity contribution < 1.29 is 9.53 Å². The van der Waals surface area contributed by atoms with Gasteiger partial charge in [0.05, 0.1) is 24.4 Å². The molecular formula is C15H13ClN4O2S. The zero-order valence-corrected chi connectivity index (χ0v) is 14.0. The SMILES string of the molecule is COC(=O)[C@H](C)Sc1ncnc2c1cnn2-c1ccc(Cl)cc1. The van der Waals surface area contributed by atoms with Gasteiger partial charge in [0.15, 0.2) is 5.65 Å². The van der Waals surface area contributed by atoms with Crippen LogP contribution in [-0.4, -0.2) is 38.1 Å². The molecule has 1 aromatic carbocycles. The number of ether oxygens (including phenoxy) is 1. The molecule has 3 aromatic rings. The minimum Gasteiger partial charge on any atom is -0.468 e. The van der Waals surface area contributed by atoms with Gasteiger partial charge in [0.2, 0.25) is 0 Å². The summed E-state index contributed by atoms with van der Waals surface area (Å²) >= 11 is 7.23. The average molecular weight is 349 g/mol. The van der Waals surface area contributed by atoms with Crippen LogP contribution in [0.5, 0.6) is 0 Å². The van der Waals surface area contributed by atoms with Gasteiger partial charge < -0.3 is 4.74 Å².